The third kappa shape index (κ3) is 3.32. The lowest BCUT2D eigenvalue weighted by Gasteiger charge is -2.23. The van der Waals surface area contributed by atoms with E-state index in [9.17, 15) is 14.4 Å². The minimum absolute atomic E-state index is 0.160. The van der Waals surface area contributed by atoms with Gasteiger partial charge in [0.1, 0.15) is 5.56 Å². The molecule has 1 N–H and O–H groups in total. The van der Waals surface area contributed by atoms with Crippen LogP contribution in [0.4, 0.5) is 0 Å². The van der Waals surface area contributed by atoms with Gasteiger partial charge in [-0.15, -0.1) is 5.10 Å². The molecule has 4 aliphatic rings. The molecule has 1 unspecified atom stereocenters. The predicted octanol–water partition coefficient (Wildman–Crippen LogP) is 2.16. The van der Waals surface area contributed by atoms with Crippen molar-refractivity contribution >= 4 is 23.6 Å². The highest BCUT2D eigenvalue weighted by Crippen LogP contribution is 2.33. The zero-order valence-corrected chi connectivity index (χ0v) is 17.2. The van der Waals surface area contributed by atoms with Gasteiger partial charge < -0.3 is 4.57 Å². The average Bonchev–Trinajstić information content (AvgIpc) is 2.91. The Bertz CT molecular complexity index is 1150. The maximum atomic E-state index is 13.2. The lowest BCUT2D eigenvalue weighted by atomic mass is 10.1. The molecular formula is C21H21N5O3S. The minimum Gasteiger partial charge on any atom is -0.324 e. The Morgan fingerprint density at radius 1 is 1.03 bits per heavy atom. The maximum absolute atomic E-state index is 13.2. The number of hydrogen-bond acceptors (Lipinski definition) is 6. The third-order valence-electron chi connectivity index (χ3n) is 5.60. The number of fused-ring (bicyclic) bond motifs is 3. The van der Waals surface area contributed by atoms with Gasteiger partial charge in [-0.1, -0.05) is 36.4 Å². The van der Waals surface area contributed by atoms with E-state index in [1.165, 1.54) is 16.4 Å². The van der Waals surface area contributed by atoms with Crippen molar-refractivity contribution in [3.8, 4) is 17.1 Å². The van der Waals surface area contributed by atoms with Gasteiger partial charge in [0, 0.05) is 18.7 Å². The van der Waals surface area contributed by atoms with Crippen molar-refractivity contribution in [1.29, 1.82) is 0 Å². The molecule has 0 aliphatic carbocycles. The van der Waals surface area contributed by atoms with Crippen LogP contribution in [0.15, 0.2) is 40.3 Å². The number of piperidine rings is 1. The van der Waals surface area contributed by atoms with E-state index in [-0.39, 0.29) is 22.6 Å². The molecule has 1 saturated heterocycles. The van der Waals surface area contributed by atoms with Crippen LogP contribution in [0.5, 0.6) is 0 Å². The van der Waals surface area contributed by atoms with Crippen LogP contribution < -0.4 is 10.9 Å². The average molecular weight is 423 g/mol. The van der Waals surface area contributed by atoms with Crippen molar-refractivity contribution < 1.29 is 9.59 Å². The fourth-order valence-corrected chi connectivity index (χ4v) is 5.23. The summed E-state index contributed by atoms with van der Waals surface area (Å²) in [6.07, 6.45) is 4.65. The Labute approximate surface area is 177 Å². The molecule has 1 aromatic carbocycles. The number of carbonyl (C=O) groups excluding carboxylic acids is 2. The fraction of sp³-hybridized carbons (Fsp3) is 0.381. The Hall–Kier alpha value is -2.94. The number of nitrogens with one attached hydrogen (secondary N) is 1. The second-order valence-electron chi connectivity index (χ2n) is 7.61. The summed E-state index contributed by atoms with van der Waals surface area (Å²) < 4.78 is 3.49. The predicted molar refractivity (Wildman–Crippen MR) is 112 cm³/mol. The number of thioether (sulfide) groups is 1. The number of nitrogens with zero attached hydrogens (tertiary/aromatic N) is 4. The first-order valence-electron chi connectivity index (χ1n) is 10.2. The summed E-state index contributed by atoms with van der Waals surface area (Å²) in [6.45, 7) is 0.754. The number of rotatable bonds is 3. The minimum atomic E-state index is -0.379. The number of carbonyl (C=O) groups is 2. The molecule has 30 heavy (non-hydrogen) atoms. The first-order valence-corrected chi connectivity index (χ1v) is 11.1. The van der Waals surface area contributed by atoms with Gasteiger partial charge >= 0.3 is 0 Å². The number of benzene rings is 1. The lowest BCUT2D eigenvalue weighted by Crippen LogP contribution is -2.42. The molecule has 0 aromatic heterocycles. The lowest BCUT2D eigenvalue weighted by molar-refractivity contribution is -0.132. The molecule has 0 spiro atoms. The van der Waals surface area contributed by atoms with Gasteiger partial charge in [0.25, 0.3) is 5.56 Å². The highest BCUT2D eigenvalue weighted by atomic mass is 32.2. The van der Waals surface area contributed by atoms with E-state index in [1.807, 2.05) is 30.3 Å². The molecule has 9 heteroatoms. The summed E-state index contributed by atoms with van der Waals surface area (Å²) >= 11 is 1.36. The number of para-hydroxylation sites is 1. The van der Waals surface area contributed by atoms with Gasteiger partial charge in [0.15, 0.2) is 11.0 Å². The zero-order valence-electron chi connectivity index (χ0n) is 16.3. The van der Waals surface area contributed by atoms with Crippen LogP contribution in [0, 0.1) is 0 Å². The van der Waals surface area contributed by atoms with E-state index in [4.69, 9.17) is 4.98 Å². The van der Waals surface area contributed by atoms with Crippen LogP contribution in [-0.4, -0.2) is 36.4 Å². The topological polar surface area (TPSA) is 98.9 Å². The molecule has 8 nitrogen and oxygen atoms in total. The number of amides is 2. The van der Waals surface area contributed by atoms with E-state index < -0.39 is 0 Å². The second kappa shape index (κ2) is 7.71. The van der Waals surface area contributed by atoms with Crippen LogP contribution in [-0.2, 0) is 22.6 Å². The van der Waals surface area contributed by atoms with Gasteiger partial charge in [-0.25, -0.2) is 4.98 Å². The molecule has 0 bridgehead atoms. The first-order chi connectivity index (χ1) is 14.6. The highest BCUT2D eigenvalue weighted by molar-refractivity contribution is 8.00. The summed E-state index contributed by atoms with van der Waals surface area (Å²) in [4.78, 5) is 41.7. The number of aromatic nitrogens is 4. The van der Waals surface area contributed by atoms with E-state index in [0.717, 1.165) is 37.9 Å². The molecular weight excluding hydrogens is 402 g/mol. The summed E-state index contributed by atoms with van der Waals surface area (Å²) in [7, 11) is 0. The van der Waals surface area contributed by atoms with E-state index >= 15 is 0 Å². The molecule has 1 atom stereocenters. The van der Waals surface area contributed by atoms with Crippen LogP contribution in [0.3, 0.4) is 0 Å². The molecule has 1 fully saturated rings. The largest absolute Gasteiger partial charge is 0.324 e. The monoisotopic (exact) mass is 423 g/mol. The Morgan fingerprint density at radius 2 is 1.87 bits per heavy atom. The molecule has 2 amide bonds. The first kappa shape index (κ1) is 19.0. The molecule has 0 radical (unpaired) electrons. The van der Waals surface area contributed by atoms with Gasteiger partial charge in [-0.2, -0.15) is 4.68 Å². The summed E-state index contributed by atoms with van der Waals surface area (Å²) in [5.41, 5.74) is 2.05. The van der Waals surface area contributed by atoms with Crippen molar-refractivity contribution in [3.63, 3.8) is 0 Å². The molecule has 4 aliphatic heterocycles. The van der Waals surface area contributed by atoms with Crippen molar-refractivity contribution in [3.05, 3.63) is 46.4 Å². The van der Waals surface area contributed by atoms with Gasteiger partial charge in [0.05, 0.1) is 10.9 Å². The summed E-state index contributed by atoms with van der Waals surface area (Å²) in [6, 6.07) is 9.32. The van der Waals surface area contributed by atoms with Crippen LogP contribution in [0.1, 0.15) is 37.8 Å². The summed E-state index contributed by atoms with van der Waals surface area (Å²) in [5.74, 6) is -0.100. The van der Waals surface area contributed by atoms with Crippen LogP contribution in [0.25, 0.3) is 17.1 Å². The molecule has 0 saturated carbocycles. The van der Waals surface area contributed by atoms with Gasteiger partial charge in [-0.05, 0) is 37.8 Å². The third-order valence-corrected chi connectivity index (χ3v) is 6.86. The van der Waals surface area contributed by atoms with Gasteiger partial charge in [0.2, 0.25) is 11.8 Å². The van der Waals surface area contributed by atoms with Crippen molar-refractivity contribution in [2.45, 2.75) is 55.5 Å². The molecule has 154 valence electrons. The van der Waals surface area contributed by atoms with E-state index in [0.29, 0.717) is 35.1 Å². The number of hydrogen-bond donors (Lipinski definition) is 1. The standard InChI is InChI=1S/C21H21N5O3S/c27-16-11-10-15(19(28)22-16)30-21-23-18-17(14-9-5-2-6-12-25(14)21)20(29)26(24-18)13-7-3-1-4-8-13/h1,3-4,7-8,15H,2,5-6,9-12H2,(H,22,27,28). The fourth-order valence-electron chi connectivity index (χ4n) is 4.10. The normalized spacial score (nSPS) is 19.4. The van der Waals surface area contributed by atoms with Crippen LogP contribution >= 0.6 is 11.8 Å². The van der Waals surface area contributed by atoms with E-state index in [1.54, 1.807) is 0 Å². The highest BCUT2D eigenvalue weighted by Gasteiger charge is 2.32. The van der Waals surface area contributed by atoms with Crippen molar-refractivity contribution in [1.82, 2.24) is 24.6 Å². The van der Waals surface area contributed by atoms with E-state index in [2.05, 4.69) is 15.0 Å². The maximum Gasteiger partial charge on any atom is 0.284 e. The quantitative estimate of drug-likeness (QED) is 0.512. The van der Waals surface area contributed by atoms with Gasteiger partial charge in [-0.3, -0.25) is 19.7 Å². The number of imide groups is 1. The molecule has 1 aromatic rings. The van der Waals surface area contributed by atoms with Crippen LogP contribution in [0.2, 0.25) is 0 Å². The Kier molecular flexibility index (Phi) is 4.90. The Balaban J connectivity index is 1.64. The molecule has 4 heterocycles. The Morgan fingerprint density at radius 3 is 2.67 bits per heavy atom. The summed E-state index contributed by atoms with van der Waals surface area (Å²) in [5, 5.41) is 7.23. The van der Waals surface area contributed by atoms with Crippen molar-refractivity contribution in [2.24, 2.45) is 0 Å². The van der Waals surface area contributed by atoms with Crippen molar-refractivity contribution in [2.75, 3.05) is 0 Å². The smallest absolute Gasteiger partial charge is 0.284 e. The second-order valence-corrected chi connectivity index (χ2v) is 8.78. The zero-order chi connectivity index (χ0) is 20.7. The SMILES string of the molecule is O=C1CCC(Sc2nc3nn(-c4ccccc4)c(=O)c-3c3n2CCCCC3)C(=O)N1. The molecule has 5 rings (SSSR count).